The summed E-state index contributed by atoms with van der Waals surface area (Å²) in [4.78, 5) is 36.1. The number of nitrogens with one attached hydrogen (secondary N) is 3. The fourth-order valence-corrected chi connectivity index (χ4v) is 5.43. The Morgan fingerprint density at radius 1 is 1.04 bits per heavy atom. The van der Waals surface area contributed by atoms with Crippen LogP contribution in [0.25, 0.3) is 0 Å². The number of unbranched alkanes of at least 4 members (excludes halogenated alkanes) is 1. The molecule has 0 aliphatic heterocycles. The Kier molecular flexibility index (Phi) is 12.9. The van der Waals surface area contributed by atoms with Gasteiger partial charge in [-0.05, 0) is 55.4 Å². The maximum absolute atomic E-state index is 12.6. The number of anilines is 1. The molecule has 3 amide bonds. The van der Waals surface area contributed by atoms with E-state index < -0.39 is 30.0 Å². The first-order valence-corrected chi connectivity index (χ1v) is 15.3. The first-order chi connectivity index (χ1) is 21.3. The number of aromatic nitrogens is 2. The molecule has 14 heteroatoms. The number of hydrogen-bond acceptors (Lipinski definition) is 8. The molecule has 3 atom stereocenters. The Hall–Kier alpha value is -4.46. The molecule has 45 heavy (non-hydrogen) atoms. The van der Waals surface area contributed by atoms with Gasteiger partial charge in [0.15, 0.2) is 0 Å². The van der Waals surface area contributed by atoms with Gasteiger partial charge in [-0.25, -0.2) is 0 Å². The summed E-state index contributed by atoms with van der Waals surface area (Å²) in [5.41, 5.74) is 14.1. The topological polar surface area (TPSA) is 165 Å². The van der Waals surface area contributed by atoms with Crippen LogP contribution in [0.2, 0.25) is 0 Å². The smallest absolute Gasteiger partial charge is 0.402 e. The van der Waals surface area contributed by atoms with E-state index in [0.717, 1.165) is 23.4 Å². The zero-order valence-corrected chi connectivity index (χ0v) is 25.9. The van der Waals surface area contributed by atoms with Gasteiger partial charge in [0.05, 0.1) is 12.8 Å². The summed E-state index contributed by atoms with van der Waals surface area (Å²) < 4.78 is 37.9. The number of rotatable bonds is 14. The molecule has 0 saturated heterocycles. The Balaban J connectivity index is 1.38. The number of allylic oxidation sites excluding steroid dienone is 5. The van der Waals surface area contributed by atoms with Crippen LogP contribution >= 0.6 is 11.3 Å². The second-order valence-electron chi connectivity index (χ2n) is 10.8. The third-order valence-electron chi connectivity index (χ3n) is 6.97. The van der Waals surface area contributed by atoms with Crippen molar-refractivity contribution >= 4 is 34.2 Å². The van der Waals surface area contributed by atoms with Crippen molar-refractivity contribution in [3.63, 3.8) is 0 Å². The van der Waals surface area contributed by atoms with Crippen LogP contribution in [0.5, 0.6) is 0 Å². The van der Waals surface area contributed by atoms with E-state index in [-0.39, 0.29) is 30.5 Å². The Labute approximate surface area is 263 Å². The lowest BCUT2D eigenvalue weighted by Gasteiger charge is -2.29. The van der Waals surface area contributed by atoms with Crippen molar-refractivity contribution in [3.05, 3.63) is 88.4 Å². The molecule has 1 aromatic heterocycles. The zero-order chi connectivity index (χ0) is 33.0. The van der Waals surface area contributed by atoms with Crippen LogP contribution in [0.3, 0.4) is 0 Å². The molecule has 1 aliphatic rings. The second kappa shape index (κ2) is 16.6. The number of benzene rings is 1. The number of nitrogens with zero attached hydrogens (tertiary/aromatic N) is 2. The van der Waals surface area contributed by atoms with E-state index in [9.17, 15) is 27.6 Å². The number of nitrogens with two attached hydrogens (primary N) is 2. The molecule has 0 saturated carbocycles. The van der Waals surface area contributed by atoms with Crippen molar-refractivity contribution in [3.8, 4) is 0 Å². The van der Waals surface area contributed by atoms with E-state index in [1.54, 1.807) is 24.3 Å². The Morgan fingerprint density at radius 2 is 1.78 bits per heavy atom. The van der Waals surface area contributed by atoms with Crippen LogP contribution in [0.4, 0.5) is 18.3 Å². The minimum absolute atomic E-state index is 0.0442. The first-order valence-electron chi connectivity index (χ1n) is 14.4. The van der Waals surface area contributed by atoms with E-state index in [1.165, 1.54) is 24.3 Å². The number of halogens is 3. The molecule has 7 N–H and O–H groups in total. The van der Waals surface area contributed by atoms with Crippen LogP contribution in [-0.2, 0) is 27.2 Å². The Morgan fingerprint density at radius 3 is 2.49 bits per heavy atom. The van der Waals surface area contributed by atoms with Crippen molar-refractivity contribution in [2.75, 3.05) is 5.32 Å². The molecule has 0 spiro atoms. The highest BCUT2D eigenvalue weighted by Crippen LogP contribution is 2.28. The lowest BCUT2D eigenvalue weighted by atomic mass is 9.82. The summed E-state index contributed by atoms with van der Waals surface area (Å²) in [6.07, 6.45) is 6.45. The summed E-state index contributed by atoms with van der Waals surface area (Å²) in [7, 11) is 0. The molecule has 1 aliphatic carbocycles. The molecular formula is C31H38F3N7O3S. The normalized spacial score (nSPS) is 17.8. The molecule has 0 bridgehead atoms. The average Bonchev–Trinajstić information content (AvgIpc) is 3.41. The van der Waals surface area contributed by atoms with Gasteiger partial charge in [0, 0.05) is 24.1 Å². The van der Waals surface area contributed by atoms with Gasteiger partial charge < -0.3 is 27.4 Å². The van der Waals surface area contributed by atoms with Crippen molar-refractivity contribution in [1.82, 2.24) is 20.8 Å². The molecule has 0 fully saturated rings. The zero-order valence-electron chi connectivity index (χ0n) is 25.1. The van der Waals surface area contributed by atoms with Crippen molar-refractivity contribution in [2.24, 2.45) is 23.3 Å². The highest BCUT2D eigenvalue weighted by Gasteiger charge is 2.40. The summed E-state index contributed by atoms with van der Waals surface area (Å²) in [6.45, 7) is 3.32. The average molecular weight is 646 g/mol. The van der Waals surface area contributed by atoms with Crippen LogP contribution in [0.15, 0.2) is 77.8 Å². The van der Waals surface area contributed by atoms with Gasteiger partial charge in [0.2, 0.25) is 16.9 Å². The minimum Gasteiger partial charge on any atom is -0.402 e. The monoisotopic (exact) mass is 645 g/mol. The van der Waals surface area contributed by atoms with Crippen molar-refractivity contribution in [1.29, 1.82) is 0 Å². The number of hydrogen-bond donors (Lipinski definition) is 5. The number of carbonyl (C=O) groups excluding carboxylic acids is 3. The van der Waals surface area contributed by atoms with Gasteiger partial charge >= 0.3 is 12.1 Å². The molecule has 242 valence electrons. The largest absolute Gasteiger partial charge is 0.471 e. The van der Waals surface area contributed by atoms with Crippen LogP contribution in [0.1, 0.15) is 50.1 Å². The van der Waals surface area contributed by atoms with E-state index in [0.29, 0.717) is 29.2 Å². The van der Waals surface area contributed by atoms with Crippen LogP contribution in [0, 0.1) is 11.8 Å². The van der Waals surface area contributed by atoms with Gasteiger partial charge in [-0.3, -0.25) is 14.4 Å². The quantitative estimate of drug-likeness (QED) is 0.150. The number of carbonyl (C=O) groups is 3. The van der Waals surface area contributed by atoms with Crippen molar-refractivity contribution < 1.29 is 27.6 Å². The third kappa shape index (κ3) is 12.2. The summed E-state index contributed by atoms with van der Waals surface area (Å²) in [5, 5.41) is 16.8. The summed E-state index contributed by atoms with van der Waals surface area (Å²) in [5.74, 6) is -3.01. The molecule has 1 heterocycles. The van der Waals surface area contributed by atoms with Crippen LogP contribution < -0.4 is 27.4 Å². The van der Waals surface area contributed by atoms with Crippen LogP contribution in [-0.4, -0.2) is 40.1 Å². The van der Waals surface area contributed by atoms with Gasteiger partial charge in [0.25, 0.3) is 0 Å². The highest BCUT2D eigenvalue weighted by atomic mass is 32.1. The fraction of sp³-hybridized carbons (Fsp3) is 0.387. The predicted octanol–water partition coefficient (Wildman–Crippen LogP) is 4.40. The maximum atomic E-state index is 12.6. The predicted molar refractivity (Wildman–Crippen MR) is 167 cm³/mol. The molecular weight excluding hydrogens is 607 g/mol. The van der Waals surface area contributed by atoms with Crippen molar-refractivity contribution in [2.45, 2.75) is 64.6 Å². The third-order valence-corrected chi connectivity index (χ3v) is 7.87. The maximum Gasteiger partial charge on any atom is 0.471 e. The molecule has 0 radical (unpaired) electrons. The molecule has 1 aromatic carbocycles. The number of aryl methyl sites for hydroxylation is 1. The number of alkyl halides is 3. The SMILES string of the molecule is CC1C=CC(CC(=O)N/C(N)=C/C=C(\N)CCCCc2nnc(NC(=O)Cc3ccccc3)s2)=CC1C(C)NC(=O)C(F)(F)F. The standard InChI is InChI=1S/C31H38F3N7O3S/c1-19-12-13-22(16-24(19)20(2)37-29(44)31(32,33)34)18-26(42)38-25(36)15-14-23(35)10-6-7-11-28-40-41-30(45-28)39-27(43)17-21-8-4-3-5-9-21/h3-5,8-9,12-16,19-20,24H,6-7,10-11,17-18,35-36H2,1-2H3,(H,37,44)(H,38,42)(H,39,41,43)/b23-14-,25-15+. The highest BCUT2D eigenvalue weighted by molar-refractivity contribution is 7.15. The Bertz CT molecular complexity index is 1450. The molecule has 2 aromatic rings. The molecule has 10 nitrogen and oxygen atoms in total. The number of amides is 3. The van der Waals surface area contributed by atoms with Gasteiger partial charge in [-0.2, -0.15) is 13.2 Å². The van der Waals surface area contributed by atoms with Gasteiger partial charge in [-0.15, -0.1) is 10.2 Å². The van der Waals surface area contributed by atoms with E-state index in [4.69, 9.17) is 11.5 Å². The summed E-state index contributed by atoms with van der Waals surface area (Å²) >= 11 is 1.34. The van der Waals surface area contributed by atoms with E-state index in [2.05, 4.69) is 20.8 Å². The van der Waals surface area contributed by atoms with E-state index in [1.807, 2.05) is 42.6 Å². The lowest BCUT2D eigenvalue weighted by molar-refractivity contribution is -0.174. The molecule has 3 unspecified atom stereocenters. The first kappa shape index (κ1) is 35.0. The minimum atomic E-state index is -4.97. The second-order valence-corrected chi connectivity index (χ2v) is 11.9. The van der Waals surface area contributed by atoms with Gasteiger partial charge in [-0.1, -0.05) is 66.8 Å². The molecule has 3 rings (SSSR count). The van der Waals surface area contributed by atoms with E-state index >= 15 is 0 Å². The summed E-state index contributed by atoms with van der Waals surface area (Å²) in [6, 6.07) is 8.64. The van der Waals surface area contributed by atoms with Gasteiger partial charge in [0.1, 0.15) is 10.8 Å². The lowest BCUT2D eigenvalue weighted by Crippen LogP contribution is -2.46. The fourth-order valence-electron chi connectivity index (χ4n) is 4.63.